The van der Waals surface area contributed by atoms with Crippen molar-refractivity contribution in [2.75, 3.05) is 5.73 Å². The second-order valence-electron chi connectivity index (χ2n) is 6.10. The van der Waals surface area contributed by atoms with Crippen LogP contribution in [0.15, 0.2) is 59.0 Å². The van der Waals surface area contributed by atoms with E-state index in [1.54, 1.807) is 24.3 Å². The van der Waals surface area contributed by atoms with Crippen LogP contribution in [-0.2, 0) is 6.42 Å². The highest BCUT2D eigenvalue weighted by Gasteiger charge is 2.17. The number of hydrogen-bond acceptors (Lipinski definition) is 3. The van der Waals surface area contributed by atoms with E-state index in [0.717, 1.165) is 22.1 Å². The van der Waals surface area contributed by atoms with Gasteiger partial charge in [0.2, 0.25) is 0 Å². The second-order valence-corrected chi connectivity index (χ2v) is 6.10. The van der Waals surface area contributed by atoms with Crippen LogP contribution in [0.5, 0.6) is 0 Å². The predicted molar refractivity (Wildman–Crippen MR) is 97.9 cm³/mol. The fraction of sp³-hybridized carbons (Fsp3) is 0.0952. The van der Waals surface area contributed by atoms with Crippen LogP contribution in [0, 0.1) is 11.2 Å². The van der Waals surface area contributed by atoms with E-state index >= 15 is 0 Å². The van der Waals surface area contributed by atoms with Gasteiger partial charge in [0.15, 0.2) is 0 Å². The van der Waals surface area contributed by atoms with Crippen molar-refractivity contribution in [2.45, 2.75) is 13.3 Å². The Kier molecular flexibility index (Phi) is 3.53. The van der Waals surface area contributed by atoms with Gasteiger partial charge in [-0.3, -0.25) is 0 Å². The van der Waals surface area contributed by atoms with Crippen LogP contribution in [0.1, 0.15) is 12.5 Å². The van der Waals surface area contributed by atoms with Crippen molar-refractivity contribution < 1.29 is 8.81 Å². The Labute approximate surface area is 144 Å². The third-order valence-electron chi connectivity index (χ3n) is 4.47. The third kappa shape index (κ3) is 2.56. The molecule has 3 N–H and O–H groups in total. The Morgan fingerprint density at radius 1 is 1.04 bits per heavy atom. The lowest BCUT2D eigenvalue weighted by Crippen LogP contribution is -2.00. The Hall–Kier alpha value is -3.14. The lowest BCUT2D eigenvalue weighted by molar-refractivity contribution is 0.612. The highest BCUT2D eigenvalue weighted by Crippen LogP contribution is 2.40. The predicted octanol–water partition coefficient (Wildman–Crippen LogP) is 4.97. The van der Waals surface area contributed by atoms with E-state index < -0.39 is 0 Å². The van der Waals surface area contributed by atoms with Crippen molar-refractivity contribution in [1.29, 1.82) is 5.41 Å². The van der Waals surface area contributed by atoms with Crippen LogP contribution in [0.25, 0.3) is 33.4 Å². The van der Waals surface area contributed by atoms with Crippen molar-refractivity contribution in [3.05, 3.63) is 71.3 Å². The van der Waals surface area contributed by atoms with E-state index in [1.807, 2.05) is 37.3 Å². The van der Waals surface area contributed by atoms with Gasteiger partial charge in [0.25, 0.3) is 0 Å². The minimum Gasteiger partial charge on any atom is -0.456 e. The van der Waals surface area contributed by atoms with Gasteiger partial charge < -0.3 is 15.6 Å². The Morgan fingerprint density at radius 2 is 1.88 bits per heavy atom. The summed E-state index contributed by atoms with van der Waals surface area (Å²) >= 11 is 0. The first-order valence-corrected chi connectivity index (χ1v) is 8.16. The topological polar surface area (TPSA) is 63.0 Å². The fourth-order valence-corrected chi connectivity index (χ4v) is 3.21. The SMILES string of the molecule is CCc1ccc(-c2c3ccc(=N)cc-3oc3cc(N)ccc23)cc1F. The molecule has 1 aliphatic carbocycles. The Morgan fingerprint density at radius 3 is 2.64 bits per heavy atom. The molecule has 2 aromatic rings. The van der Waals surface area contributed by atoms with Gasteiger partial charge in [-0.25, -0.2) is 4.39 Å². The summed E-state index contributed by atoms with van der Waals surface area (Å²) in [6.45, 7) is 1.93. The zero-order chi connectivity index (χ0) is 17.6. The standard InChI is InChI=1S/C21H17FN2O/c1-2-12-3-4-13(9-18(12)22)21-16-7-5-14(23)10-19(16)25-20-11-15(24)6-8-17(20)21/h3-11,23H,2,24H2,1H3. The summed E-state index contributed by atoms with van der Waals surface area (Å²) in [5, 5.41) is 9.07. The van der Waals surface area contributed by atoms with Gasteiger partial charge in [-0.05, 0) is 47.9 Å². The zero-order valence-electron chi connectivity index (χ0n) is 13.8. The van der Waals surface area contributed by atoms with Crippen molar-refractivity contribution >= 4 is 16.7 Å². The number of nitrogens with one attached hydrogen (secondary N) is 1. The van der Waals surface area contributed by atoms with Gasteiger partial charge in [-0.15, -0.1) is 0 Å². The van der Waals surface area contributed by atoms with E-state index in [2.05, 4.69) is 0 Å². The van der Waals surface area contributed by atoms with Crippen LogP contribution >= 0.6 is 0 Å². The lowest BCUT2D eigenvalue weighted by Gasteiger charge is -2.16. The molecule has 0 fully saturated rings. The second kappa shape index (κ2) is 5.74. The number of anilines is 1. The van der Waals surface area contributed by atoms with Crippen molar-refractivity contribution in [3.8, 4) is 22.5 Å². The summed E-state index contributed by atoms with van der Waals surface area (Å²) in [4.78, 5) is 0. The van der Waals surface area contributed by atoms with Gasteiger partial charge in [0, 0.05) is 34.3 Å². The first kappa shape index (κ1) is 15.4. The number of nitrogens with two attached hydrogens (primary N) is 1. The minimum absolute atomic E-state index is 0.213. The van der Waals surface area contributed by atoms with Gasteiger partial charge in [-0.1, -0.05) is 19.1 Å². The number of aryl methyl sites for hydroxylation is 1. The quantitative estimate of drug-likeness (QED) is 0.402. The molecule has 3 nitrogen and oxygen atoms in total. The summed E-state index contributed by atoms with van der Waals surface area (Å²) in [5.41, 5.74) is 10.3. The first-order chi connectivity index (χ1) is 12.1. The lowest BCUT2D eigenvalue weighted by atomic mass is 9.92. The molecule has 0 bridgehead atoms. The summed E-state index contributed by atoms with van der Waals surface area (Å²) in [6.07, 6.45) is 0.649. The molecule has 0 atom stereocenters. The monoisotopic (exact) mass is 332 g/mol. The van der Waals surface area contributed by atoms with Crippen molar-refractivity contribution in [2.24, 2.45) is 0 Å². The van der Waals surface area contributed by atoms with Gasteiger partial charge in [0.1, 0.15) is 17.2 Å². The molecule has 1 heterocycles. The molecule has 0 saturated carbocycles. The van der Waals surface area contributed by atoms with E-state index in [4.69, 9.17) is 15.6 Å². The molecule has 4 heteroatoms. The molecular weight excluding hydrogens is 315 g/mol. The number of hydrogen-bond donors (Lipinski definition) is 2. The number of benzene rings is 3. The van der Waals surface area contributed by atoms with Crippen LogP contribution < -0.4 is 11.1 Å². The molecule has 25 heavy (non-hydrogen) atoms. The van der Waals surface area contributed by atoms with Gasteiger partial charge in [0.05, 0.1) is 5.36 Å². The van der Waals surface area contributed by atoms with E-state index in [-0.39, 0.29) is 5.82 Å². The highest BCUT2D eigenvalue weighted by atomic mass is 19.1. The Balaban J connectivity index is 2.13. The molecule has 2 aromatic carbocycles. The summed E-state index contributed by atoms with van der Waals surface area (Å²) in [5.74, 6) is 0.371. The number of rotatable bonds is 2. The molecule has 0 spiro atoms. The molecule has 0 saturated heterocycles. The molecule has 0 aromatic heterocycles. The number of halogens is 1. The average molecular weight is 332 g/mol. The molecule has 0 amide bonds. The van der Waals surface area contributed by atoms with Crippen LogP contribution in [0.2, 0.25) is 0 Å². The Bertz CT molecular complexity index is 1130. The molecule has 0 unspecified atom stereocenters. The summed E-state index contributed by atoms with van der Waals surface area (Å²) in [7, 11) is 0. The largest absolute Gasteiger partial charge is 0.456 e. The molecule has 1 aliphatic heterocycles. The number of nitrogen functional groups attached to an aromatic ring is 1. The molecule has 4 rings (SSSR count). The fourth-order valence-electron chi connectivity index (χ4n) is 3.21. The normalized spacial score (nSPS) is 11.3. The van der Waals surface area contributed by atoms with Crippen molar-refractivity contribution in [1.82, 2.24) is 0 Å². The highest BCUT2D eigenvalue weighted by molar-refractivity contribution is 6.02. The van der Waals surface area contributed by atoms with Crippen molar-refractivity contribution in [3.63, 3.8) is 0 Å². The van der Waals surface area contributed by atoms with Crippen LogP contribution in [0.3, 0.4) is 0 Å². The minimum atomic E-state index is -0.213. The maximum atomic E-state index is 14.4. The molecular formula is C21H17FN2O. The van der Waals surface area contributed by atoms with Gasteiger partial charge >= 0.3 is 0 Å². The van der Waals surface area contributed by atoms with E-state index in [9.17, 15) is 4.39 Å². The maximum Gasteiger partial charge on any atom is 0.137 e. The van der Waals surface area contributed by atoms with Crippen LogP contribution in [0.4, 0.5) is 10.1 Å². The molecule has 2 aliphatic rings. The maximum absolute atomic E-state index is 14.4. The number of fused-ring (bicyclic) bond motifs is 2. The first-order valence-electron chi connectivity index (χ1n) is 8.16. The van der Waals surface area contributed by atoms with E-state index in [0.29, 0.717) is 34.4 Å². The van der Waals surface area contributed by atoms with Gasteiger partial charge in [-0.2, -0.15) is 0 Å². The zero-order valence-corrected chi connectivity index (χ0v) is 13.8. The third-order valence-corrected chi connectivity index (χ3v) is 4.47. The molecule has 124 valence electrons. The van der Waals surface area contributed by atoms with Crippen LogP contribution in [-0.4, -0.2) is 0 Å². The average Bonchev–Trinajstić information content (AvgIpc) is 2.59. The summed E-state index contributed by atoms with van der Waals surface area (Å²) in [6, 6.07) is 16.0. The smallest absolute Gasteiger partial charge is 0.137 e. The summed E-state index contributed by atoms with van der Waals surface area (Å²) < 4.78 is 20.3. The van der Waals surface area contributed by atoms with E-state index in [1.165, 1.54) is 0 Å². The molecule has 0 radical (unpaired) electrons.